The van der Waals surface area contributed by atoms with Gasteiger partial charge in [0.25, 0.3) is 0 Å². The van der Waals surface area contributed by atoms with Gasteiger partial charge < -0.3 is 19.6 Å². The first-order valence-electron chi connectivity index (χ1n) is 7.69. The molecule has 0 heterocycles. The van der Waals surface area contributed by atoms with Gasteiger partial charge in [0, 0.05) is 17.7 Å². The summed E-state index contributed by atoms with van der Waals surface area (Å²) in [6.45, 7) is 2.63. The van der Waals surface area contributed by atoms with E-state index in [1.165, 1.54) is 5.56 Å². The summed E-state index contributed by atoms with van der Waals surface area (Å²) < 4.78 is 11.0. The lowest BCUT2D eigenvalue weighted by molar-refractivity contribution is 0.319. The van der Waals surface area contributed by atoms with Crippen molar-refractivity contribution in [2.45, 2.75) is 13.5 Å². The van der Waals surface area contributed by atoms with Crippen LogP contribution in [0.4, 0.5) is 0 Å². The standard InChI is InChI=1S/C19H24N2O3/c1-13(20-22)16-10-17(19(24-5)18(11-16)23-4)15-8-6-14(7-9-15)12-21(2)3/h6-11,22H,12H2,1-5H3/b20-13+. The predicted molar refractivity (Wildman–Crippen MR) is 96.4 cm³/mol. The molecule has 0 radical (unpaired) electrons. The summed E-state index contributed by atoms with van der Waals surface area (Å²) in [5.41, 5.74) is 4.44. The van der Waals surface area contributed by atoms with Crippen LogP contribution in [0.1, 0.15) is 18.1 Å². The Morgan fingerprint density at radius 1 is 1.08 bits per heavy atom. The molecule has 1 N–H and O–H groups in total. The maximum Gasteiger partial charge on any atom is 0.168 e. The SMILES string of the molecule is COc1cc(/C(C)=N/O)cc(-c2ccc(CN(C)C)cc2)c1OC. The Morgan fingerprint density at radius 2 is 1.75 bits per heavy atom. The monoisotopic (exact) mass is 328 g/mol. The maximum atomic E-state index is 9.07. The van der Waals surface area contributed by atoms with E-state index >= 15 is 0 Å². The Labute approximate surface area is 143 Å². The third kappa shape index (κ3) is 3.86. The summed E-state index contributed by atoms with van der Waals surface area (Å²) in [5.74, 6) is 1.26. The molecule has 128 valence electrons. The smallest absolute Gasteiger partial charge is 0.168 e. The zero-order valence-electron chi connectivity index (χ0n) is 14.8. The van der Waals surface area contributed by atoms with Gasteiger partial charge in [0.05, 0.1) is 19.9 Å². The summed E-state index contributed by atoms with van der Waals surface area (Å²) in [7, 11) is 7.30. The van der Waals surface area contributed by atoms with E-state index in [0.29, 0.717) is 17.2 Å². The Balaban J connectivity index is 2.54. The van der Waals surface area contributed by atoms with Gasteiger partial charge >= 0.3 is 0 Å². The van der Waals surface area contributed by atoms with Crippen LogP contribution < -0.4 is 9.47 Å². The van der Waals surface area contributed by atoms with E-state index in [1.54, 1.807) is 27.2 Å². The minimum absolute atomic E-state index is 0.515. The Kier molecular flexibility index (Phi) is 5.82. The van der Waals surface area contributed by atoms with Crippen LogP contribution in [0.25, 0.3) is 11.1 Å². The van der Waals surface area contributed by atoms with E-state index in [0.717, 1.165) is 23.2 Å². The van der Waals surface area contributed by atoms with Crippen molar-refractivity contribution in [3.63, 3.8) is 0 Å². The van der Waals surface area contributed by atoms with Gasteiger partial charge in [-0.3, -0.25) is 0 Å². The maximum absolute atomic E-state index is 9.07. The minimum Gasteiger partial charge on any atom is -0.493 e. The zero-order valence-corrected chi connectivity index (χ0v) is 14.8. The molecule has 0 aliphatic carbocycles. The number of ether oxygens (including phenoxy) is 2. The lowest BCUT2D eigenvalue weighted by Gasteiger charge is -2.16. The molecule has 2 aromatic rings. The first kappa shape index (κ1) is 17.8. The topological polar surface area (TPSA) is 54.3 Å². The highest BCUT2D eigenvalue weighted by Crippen LogP contribution is 2.39. The van der Waals surface area contributed by atoms with Crippen LogP contribution in [0.15, 0.2) is 41.6 Å². The first-order chi connectivity index (χ1) is 11.5. The van der Waals surface area contributed by atoms with Gasteiger partial charge in [0.15, 0.2) is 11.5 Å². The molecule has 0 unspecified atom stereocenters. The fraction of sp³-hybridized carbons (Fsp3) is 0.316. The zero-order chi connectivity index (χ0) is 17.7. The van der Waals surface area contributed by atoms with Gasteiger partial charge in [0.2, 0.25) is 0 Å². The molecule has 0 aliphatic rings. The number of rotatable bonds is 6. The van der Waals surface area contributed by atoms with Crippen LogP contribution in [0.5, 0.6) is 11.5 Å². The van der Waals surface area contributed by atoms with Gasteiger partial charge in [0.1, 0.15) is 0 Å². The molecule has 5 nitrogen and oxygen atoms in total. The van der Waals surface area contributed by atoms with Crippen molar-refractivity contribution in [2.24, 2.45) is 5.16 Å². The summed E-state index contributed by atoms with van der Waals surface area (Å²) in [4.78, 5) is 2.13. The lowest BCUT2D eigenvalue weighted by Crippen LogP contribution is -2.10. The fourth-order valence-electron chi connectivity index (χ4n) is 2.60. The molecular weight excluding hydrogens is 304 g/mol. The fourth-order valence-corrected chi connectivity index (χ4v) is 2.60. The van der Waals surface area contributed by atoms with E-state index in [4.69, 9.17) is 14.7 Å². The van der Waals surface area contributed by atoms with Gasteiger partial charge in [-0.15, -0.1) is 0 Å². The first-order valence-corrected chi connectivity index (χ1v) is 7.69. The van der Waals surface area contributed by atoms with Crippen molar-refractivity contribution >= 4 is 5.71 Å². The minimum atomic E-state index is 0.515. The van der Waals surface area contributed by atoms with Gasteiger partial charge in [-0.1, -0.05) is 29.4 Å². The number of hydrogen-bond donors (Lipinski definition) is 1. The van der Waals surface area contributed by atoms with Crippen molar-refractivity contribution in [2.75, 3.05) is 28.3 Å². The third-order valence-electron chi connectivity index (χ3n) is 3.81. The molecule has 0 saturated carbocycles. The van der Waals surface area contributed by atoms with Crippen molar-refractivity contribution in [3.05, 3.63) is 47.5 Å². The highest BCUT2D eigenvalue weighted by Gasteiger charge is 2.15. The normalized spacial score (nSPS) is 11.7. The van der Waals surface area contributed by atoms with E-state index < -0.39 is 0 Å². The summed E-state index contributed by atoms with van der Waals surface area (Å²) in [5, 5.41) is 12.4. The number of benzene rings is 2. The third-order valence-corrected chi connectivity index (χ3v) is 3.81. The van der Waals surface area contributed by atoms with Gasteiger partial charge in [-0.2, -0.15) is 0 Å². The predicted octanol–water partition coefficient (Wildman–Crippen LogP) is 3.63. The van der Waals surface area contributed by atoms with Crippen LogP contribution in [0.2, 0.25) is 0 Å². The van der Waals surface area contributed by atoms with Gasteiger partial charge in [-0.25, -0.2) is 0 Å². The second-order valence-electron chi connectivity index (χ2n) is 5.88. The number of nitrogens with zero attached hydrogens (tertiary/aromatic N) is 2. The molecular formula is C19H24N2O3. The molecule has 0 atom stereocenters. The number of hydrogen-bond acceptors (Lipinski definition) is 5. The summed E-state index contributed by atoms with van der Waals surface area (Å²) >= 11 is 0. The summed E-state index contributed by atoms with van der Waals surface area (Å²) in [6, 6.07) is 12.1. The molecule has 0 aliphatic heterocycles. The van der Waals surface area contributed by atoms with Crippen LogP contribution in [-0.4, -0.2) is 44.1 Å². The van der Waals surface area contributed by atoms with Gasteiger partial charge in [-0.05, 0) is 44.3 Å². The van der Waals surface area contributed by atoms with Crippen molar-refractivity contribution in [3.8, 4) is 22.6 Å². The molecule has 2 aromatic carbocycles. The Hall–Kier alpha value is -2.53. The molecule has 0 aromatic heterocycles. The number of methoxy groups -OCH3 is 2. The second kappa shape index (κ2) is 7.84. The van der Waals surface area contributed by atoms with E-state index in [-0.39, 0.29) is 0 Å². The molecule has 0 amide bonds. The van der Waals surface area contributed by atoms with E-state index in [2.05, 4.69) is 34.3 Å². The quantitative estimate of drug-likeness (QED) is 0.500. The van der Waals surface area contributed by atoms with Crippen molar-refractivity contribution < 1.29 is 14.7 Å². The molecule has 2 rings (SSSR count). The molecule has 0 spiro atoms. The van der Waals surface area contributed by atoms with Crippen LogP contribution >= 0.6 is 0 Å². The van der Waals surface area contributed by atoms with Crippen LogP contribution in [-0.2, 0) is 6.54 Å². The Bertz CT molecular complexity index is 722. The molecule has 0 saturated heterocycles. The average molecular weight is 328 g/mol. The Morgan fingerprint density at radius 3 is 2.25 bits per heavy atom. The lowest BCUT2D eigenvalue weighted by atomic mass is 9.98. The summed E-state index contributed by atoms with van der Waals surface area (Å²) in [6.07, 6.45) is 0. The van der Waals surface area contributed by atoms with Crippen LogP contribution in [0.3, 0.4) is 0 Å². The number of oxime groups is 1. The largest absolute Gasteiger partial charge is 0.493 e. The van der Waals surface area contributed by atoms with E-state index in [1.807, 2.05) is 20.2 Å². The molecule has 0 bridgehead atoms. The van der Waals surface area contributed by atoms with Crippen molar-refractivity contribution in [1.82, 2.24) is 4.90 Å². The highest BCUT2D eigenvalue weighted by atomic mass is 16.5. The molecule has 0 fully saturated rings. The average Bonchev–Trinajstić information content (AvgIpc) is 2.59. The van der Waals surface area contributed by atoms with Crippen molar-refractivity contribution in [1.29, 1.82) is 0 Å². The van der Waals surface area contributed by atoms with E-state index in [9.17, 15) is 0 Å². The molecule has 24 heavy (non-hydrogen) atoms. The second-order valence-corrected chi connectivity index (χ2v) is 5.88. The molecule has 5 heteroatoms. The van der Waals surface area contributed by atoms with Crippen LogP contribution in [0, 0.1) is 0 Å². The highest BCUT2D eigenvalue weighted by molar-refractivity contribution is 6.00.